The highest BCUT2D eigenvalue weighted by Gasteiger charge is 2.44. The van der Waals surface area contributed by atoms with Crippen LogP contribution in [0.3, 0.4) is 0 Å². The van der Waals surface area contributed by atoms with Gasteiger partial charge in [0.25, 0.3) is 0 Å². The number of hydrogen-bond acceptors (Lipinski definition) is 5. The summed E-state index contributed by atoms with van der Waals surface area (Å²) in [7, 11) is -3.59. The molecule has 2 saturated heterocycles. The zero-order valence-electron chi connectivity index (χ0n) is 11.8. The topological polar surface area (TPSA) is 93.1 Å². The summed E-state index contributed by atoms with van der Waals surface area (Å²) in [6.45, 7) is 4.52. The van der Waals surface area contributed by atoms with Crippen molar-refractivity contribution < 1.29 is 27.8 Å². The lowest BCUT2D eigenvalue weighted by Crippen LogP contribution is -2.49. The third-order valence-electron chi connectivity index (χ3n) is 3.81. The molecule has 0 atom stereocenters. The molecule has 0 radical (unpaired) electrons. The Hall–Kier alpha value is -0.700. The summed E-state index contributed by atoms with van der Waals surface area (Å²) in [5, 5.41) is 9.05. The van der Waals surface area contributed by atoms with Crippen molar-refractivity contribution in [3.63, 3.8) is 0 Å². The molecule has 7 nitrogen and oxygen atoms in total. The molecule has 1 spiro atoms. The lowest BCUT2D eigenvalue weighted by Gasteiger charge is -2.37. The Morgan fingerprint density at radius 2 is 1.75 bits per heavy atom. The maximum absolute atomic E-state index is 12.3. The Labute approximate surface area is 118 Å². The van der Waals surface area contributed by atoms with Gasteiger partial charge in [-0.3, -0.25) is 4.79 Å². The van der Waals surface area contributed by atoms with E-state index in [9.17, 15) is 13.2 Å². The van der Waals surface area contributed by atoms with Gasteiger partial charge in [-0.15, -0.1) is 0 Å². The number of rotatable bonds is 4. The van der Waals surface area contributed by atoms with Gasteiger partial charge in [-0.2, -0.15) is 0 Å². The molecule has 116 valence electrons. The van der Waals surface area contributed by atoms with E-state index in [2.05, 4.69) is 0 Å². The molecular formula is C12H21NO6S. The second-order valence-corrected chi connectivity index (χ2v) is 7.92. The molecule has 2 aliphatic heterocycles. The second-order valence-electron chi connectivity index (χ2n) is 5.95. The first kappa shape index (κ1) is 15.7. The summed E-state index contributed by atoms with van der Waals surface area (Å²) in [5.74, 6) is -2.14. The fourth-order valence-corrected chi connectivity index (χ4v) is 4.46. The van der Waals surface area contributed by atoms with Crippen LogP contribution in [0, 0.1) is 5.41 Å². The summed E-state index contributed by atoms with van der Waals surface area (Å²) in [6, 6.07) is 0. The van der Waals surface area contributed by atoms with Crippen molar-refractivity contribution in [1.29, 1.82) is 0 Å². The van der Waals surface area contributed by atoms with E-state index in [0.717, 1.165) is 0 Å². The van der Waals surface area contributed by atoms with Gasteiger partial charge in [-0.1, -0.05) is 0 Å². The molecule has 2 aliphatic rings. The molecule has 2 rings (SSSR count). The van der Waals surface area contributed by atoms with E-state index < -0.39 is 32.9 Å². The van der Waals surface area contributed by atoms with Crippen LogP contribution >= 0.6 is 0 Å². The van der Waals surface area contributed by atoms with Crippen LogP contribution in [-0.4, -0.2) is 61.6 Å². The fourth-order valence-electron chi connectivity index (χ4n) is 2.50. The monoisotopic (exact) mass is 307 g/mol. The van der Waals surface area contributed by atoms with Crippen LogP contribution in [0.25, 0.3) is 0 Å². The van der Waals surface area contributed by atoms with Gasteiger partial charge in [0.05, 0.1) is 24.4 Å². The second kappa shape index (κ2) is 5.25. The van der Waals surface area contributed by atoms with Crippen LogP contribution in [0.1, 0.15) is 26.7 Å². The van der Waals surface area contributed by atoms with Gasteiger partial charge >= 0.3 is 5.97 Å². The van der Waals surface area contributed by atoms with Crippen LogP contribution in [0.5, 0.6) is 0 Å². The predicted molar refractivity (Wildman–Crippen MR) is 70.6 cm³/mol. The van der Waals surface area contributed by atoms with Gasteiger partial charge in [0, 0.05) is 25.9 Å². The van der Waals surface area contributed by atoms with Crippen LogP contribution in [-0.2, 0) is 24.3 Å². The van der Waals surface area contributed by atoms with Crippen LogP contribution < -0.4 is 0 Å². The third kappa shape index (κ3) is 3.13. The number of aliphatic carboxylic acids is 1. The molecule has 0 bridgehead atoms. The van der Waals surface area contributed by atoms with Crippen molar-refractivity contribution in [1.82, 2.24) is 4.31 Å². The third-order valence-corrected chi connectivity index (χ3v) is 6.05. The molecule has 0 aromatic carbocycles. The molecule has 2 fully saturated rings. The fraction of sp³-hybridized carbons (Fsp3) is 0.917. The van der Waals surface area contributed by atoms with Crippen molar-refractivity contribution in [2.75, 3.05) is 32.1 Å². The van der Waals surface area contributed by atoms with Crippen molar-refractivity contribution in [2.45, 2.75) is 32.5 Å². The maximum atomic E-state index is 12.3. The molecule has 0 aliphatic carbocycles. The van der Waals surface area contributed by atoms with E-state index in [-0.39, 0.29) is 0 Å². The van der Waals surface area contributed by atoms with Crippen molar-refractivity contribution in [3.8, 4) is 0 Å². The lowest BCUT2D eigenvalue weighted by molar-refractivity contribution is -0.179. The van der Waals surface area contributed by atoms with E-state index in [4.69, 9.17) is 14.6 Å². The predicted octanol–water partition coefficient (Wildman–Crippen LogP) is 0.266. The van der Waals surface area contributed by atoms with E-state index >= 15 is 0 Å². The number of carboxylic acids is 1. The largest absolute Gasteiger partial charge is 0.481 e. The van der Waals surface area contributed by atoms with Crippen molar-refractivity contribution in [2.24, 2.45) is 5.41 Å². The minimum Gasteiger partial charge on any atom is -0.481 e. The van der Waals surface area contributed by atoms with Gasteiger partial charge < -0.3 is 14.6 Å². The molecule has 2 heterocycles. The van der Waals surface area contributed by atoms with Gasteiger partial charge in [0.1, 0.15) is 0 Å². The first-order valence-electron chi connectivity index (χ1n) is 6.66. The number of hydrogen-bond donors (Lipinski definition) is 1. The van der Waals surface area contributed by atoms with Crippen molar-refractivity contribution in [3.05, 3.63) is 0 Å². The van der Waals surface area contributed by atoms with Crippen molar-refractivity contribution >= 4 is 16.0 Å². The van der Waals surface area contributed by atoms with E-state index in [1.807, 2.05) is 0 Å². The maximum Gasteiger partial charge on any atom is 0.310 e. The Bertz CT molecular complexity index is 470. The average Bonchev–Trinajstić information content (AvgIpc) is 2.76. The summed E-state index contributed by atoms with van der Waals surface area (Å²) in [6.07, 6.45) is 0.972. The van der Waals surface area contributed by atoms with Gasteiger partial charge in [-0.05, 0) is 13.8 Å². The smallest absolute Gasteiger partial charge is 0.310 e. The summed E-state index contributed by atoms with van der Waals surface area (Å²) in [5.41, 5.74) is -1.30. The molecule has 0 aromatic rings. The first-order valence-corrected chi connectivity index (χ1v) is 8.27. The average molecular weight is 307 g/mol. The van der Waals surface area contributed by atoms with E-state index in [1.54, 1.807) is 0 Å². The quantitative estimate of drug-likeness (QED) is 0.801. The molecule has 0 amide bonds. The zero-order chi connectivity index (χ0) is 15.0. The molecule has 0 saturated carbocycles. The summed E-state index contributed by atoms with van der Waals surface area (Å²) >= 11 is 0. The van der Waals surface area contributed by atoms with Crippen LogP contribution in [0.2, 0.25) is 0 Å². The standard InChI is InChI=1S/C12H21NO6S/c1-11(2,10(14)15)9-20(16,17)13-5-3-12(4-6-13)18-7-8-19-12/h3-9H2,1-2H3,(H,14,15). The van der Waals surface area contributed by atoms with E-state index in [0.29, 0.717) is 39.1 Å². The van der Waals surface area contributed by atoms with Crippen LogP contribution in [0.15, 0.2) is 0 Å². The number of carboxylic acid groups (broad SMARTS) is 1. The number of piperidine rings is 1. The SMILES string of the molecule is CC(C)(CS(=O)(=O)N1CCC2(CC1)OCCO2)C(=O)O. The van der Waals surface area contributed by atoms with E-state index in [1.165, 1.54) is 18.2 Å². The Morgan fingerprint density at radius 3 is 2.20 bits per heavy atom. The highest BCUT2D eigenvalue weighted by Crippen LogP contribution is 2.33. The normalized spacial score (nSPS) is 24.1. The molecule has 1 N–H and O–H groups in total. The minimum atomic E-state index is -3.59. The van der Waals surface area contributed by atoms with Gasteiger partial charge in [-0.25, -0.2) is 12.7 Å². The number of carbonyl (C=O) groups is 1. The summed E-state index contributed by atoms with van der Waals surface area (Å²) < 4.78 is 37.0. The zero-order valence-corrected chi connectivity index (χ0v) is 12.6. The first-order chi connectivity index (χ1) is 9.17. The number of sulfonamides is 1. The number of nitrogens with zero attached hydrogens (tertiary/aromatic N) is 1. The minimum absolute atomic E-state index is 0.304. The summed E-state index contributed by atoms with van der Waals surface area (Å²) in [4.78, 5) is 11.1. The molecule has 8 heteroatoms. The van der Waals surface area contributed by atoms with Gasteiger partial charge in [0.2, 0.25) is 10.0 Å². The van der Waals surface area contributed by atoms with Crippen LogP contribution in [0.4, 0.5) is 0 Å². The molecule has 20 heavy (non-hydrogen) atoms. The highest BCUT2D eigenvalue weighted by molar-refractivity contribution is 7.89. The molecule has 0 aromatic heterocycles. The lowest BCUT2D eigenvalue weighted by atomic mass is 9.97. The Morgan fingerprint density at radius 1 is 1.25 bits per heavy atom. The Kier molecular flexibility index (Phi) is 4.12. The number of ether oxygens (including phenoxy) is 2. The Balaban J connectivity index is 2.00. The highest BCUT2D eigenvalue weighted by atomic mass is 32.2. The van der Waals surface area contributed by atoms with Gasteiger partial charge in [0.15, 0.2) is 5.79 Å². The molecular weight excluding hydrogens is 286 g/mol. The molecule has 0 unspecified atom stereocenters.